The normalized spacial score (nSPS) is 11.7. The molecule has 162 valence electrons. The van der Waals surface area contributed by atoms with Gasteiger partial charge in [0, 0.05) is 17.7 Å². The number of carbonyl (C=O) groups is 1. The van der Waals surface area contributed by atoms with Gasteiger partial charge >= 0.3 is 0 Å². The van der Waals surface area contributed by atoms with Crippen molar-refractivity contribution in [2.24, 2.45) is 5.92 Å². The number of benzene rings is 2. The van der Waals surface area contributed by atoms with E-state index in [2.05, 4.69) is 15.5 Å². The number of nitrogens with one attached hydrogen (secondary N) is 1. The van der Waals surface area contributed by atoms with Crippen LogP contribution in [0.2, 0.25) is 0 Å². The average molecular weight is 426 g/mol. The third-order valence-electron chi connectivity index (χ3n) is 4.46. The zero-order valence-corrected chi connectivity index (χ0v) is 17.3. The minimum atomic E-state index is -0.507. The molecule has 10 heteroatoms. The molecule has 10 nitrogen and oxygen atoms in total. The van der Waals surface area contributed by atoms with E-state index in [0.717, 1.165) is 5.56 Å². The van der Waals surface area contributed by atoms with Crippen LogP contribution in [0.1, 0.15) is 25.8 Å². The summed E-state index contributed by atoms with van der Waals surface area (Å²) < 4.78 is 15.9. The Labute approximate surface area is 178 Å². The Bertz CT molecular complexity index is 1030. The van der Waals surface area contributed by atoms with Crippen LogP contribution in [0.3, 0.4) is 0 Å². The maximum absolute atomic E-state index is 12.4. The lowest BCUT2D eigenvalue weighted by Gasteiger charge is -2.18. The Morgan fingerprint density at radius 1 is 1.13 bits per heavy atom. The molecule has 0 aliphatic heterocycles. The molecule has 1 atom stereocenters. The molecule has 1 N–H and O–H groups in total. The Morgan fingerprint density at radius 2 is 1.77 bits per heavy atom. The van der Waals surface area contributed by atoms with Crippen molar-refractivity contribution in [1.82, 2.24) is 15.5 Å². The largest absolute Gasteiger partial charge is 0.497 e. The minimum Gasteiger partial charge on any atom is -0.497 e. The van der Waals surface area contributed by atoms with Crippen LogP contribution in [-0.2, 0) is 4.79 Å². The van der Waals surface area contributed by atoms with Gasteiger partial charge in [-0.05, 0) is 42.3 Å². The second-order valence-corrected chi connectivity index (χ2v) is 7.01. The van der Waals surface area contributed by atoms with Gasteiger partial charge in [0.05, 0.1) is 12.0 Å². The summed E-state index contributed by atoms with van der Waals surface area (Å²) in [6.45, 7) is 3.57. The van der Waals surface area contributed by atoms with Gasteiger partial charge in [0.2, 0.25) is 11.7 Å². The molecule has 0 saturated heterocycles. The average Bonchev–Trinajstić information content (AvgIpc) is 3.26. The molecular weight excluding hydrogens is 404 g/mol. The first-order chi connectivity index (χ1) is 14.9. The summed E-state index contributed by atoms with van der Waals surface area (Å²) in [5.74, 6) is 1.34. The quantitative estimate of drug-likeness (QED) is 0.406. The van der Waals surface area contributed by atoms with Crippen molar-refractivity contribution in [1.29, 1.82) is 0 Å². The topological polar surface area (TPSA) is 130 Å². The Hall–Kier alpha value is -3.95. The summed E-state index contributed by atoms with van der Waals surface area (Å²) in [5.41, 5.74) is 0.701. The number of nitro benzene ring substituents is 1. The van der Waals surface area contributed by atoms with E-state index in [0.29, 0.717) is 17.3 Å². The lowest BCUT2D eigenvalue weighted by molar-refractivity contribution is -0.384. The standard InChI is InChI=1S/C21H22N4O6/c1-13(2)19(21-23-20(24-31-21)14-4-8-16(29-3)9-5-14)22-18(26)12-30-17-10-6-15(7-11-17)25(27)28/h4-11,13,19H,12H2,1-3H3,(H,22,26). The van der Waals surface area contributed by atoms with Crippen LogP contribution in [0, 0.1) is 16.0 Å². The van der Waals surface area contributed by atoms with Crippen molar-refractivity contribution >= 4 is 11.6 Å². The highest BCUT2D eigenvalue weighted by Crippen LogP contribution is 2.25. The van der Waals surface area contributed by atoms with E-state index < -0.39 is 11.0 Å². The van der Waals surface area contributed by atoms with Crippen LogP contribution in [0.25, 0.3) is 11.4 Å². The van der Waals surface area contributed by atoms with E-state index in [9.17, 15) is 14.9 Å². The summed E-state index contributed by atoms with van der Waals surface area (Å²) in [4.78, 5) is 27.0. The predicted octanol–water partition coefficient (Wildman–Crippen LogP) is 3.55. The number of non-ortho nitro benzene ring substituents is 1. The number of aromatic nitrogens is 2. The van der Waals surface area contributed by atoms with Gasteiger partial charge in [0.1, 0.15) is 17.5 Å². The van der Waals surface area contributed by atoms with Crippen LogP contribution in [0.4, 0.5) is 5.69 Å². The number of nitrogens with zero attached hydrogens (tertiary/aromatic N) is 3. The summed E-state index contributed by atoms with van der Waals surface area (Å²) in [5, 5.41) is 17.5. The number of methoxy groups -OCH3 is 1. The van der Waals surface area contributed by atoms with Crippen molar-refractivity contribution in [2.45, 2.75) is 19.9 Å². The third-order valence-corrected chi connectivity index (χ3v) is 4.46. The van der Waals surface area contributed by atoms with Crippen LogP contribution in [0.5, 0.6) is 11.5 Å². The monoisotopic (exact) mass is 426 g/mol. The van der Waals surface area contributed by atoms with Crippen molar-refractivity contribution in [3.8, 4) is 22.9 Å². The van der Waals surface area contributed by atoms with Gasteiger partial charge in [-0.2, -0.15) is 4.98 Å². The summed E-state index contributed by atoms with van der Waals surface area (Å²) in [6.07, 6.45) is 0. The highest BCUT2D eigenvalue weighted by atomic mass is 16.6. The highest BCUT2D eigenvalue weighted by molar-refractivity contribution is 5.78. The SMILES string of the molecule is COc1ccc(-c2noc(C(NC(=O)COc3ccc([N+](=O)[O-])cc3)C(C)C)n2)cc1. The second kappa shape index (κ2) is 9.70. The maximum Gasteiger partial charge on any atom is 0.269 e. The molecule has 31 heavy (non-hydrogen) atoms. The first kappa shape index (κ1) is 21.8. The molecule has 2 aromatic carbocycles. The molecule has 0 fully saturated rings. The van der Waals surface area contributed by atoms with Gasteiger partial charge in [-0.1, -0.05) is 19.0 Å². The number of ether oxygens (including phenoxy) is 2. The first-order valence-electron chi connectivity index (χ1n) is 9.52. The molecule has 0 aliphatic rings. The van der Waals surface area contributed by atoms with Crippen molar-refractivity contribution < 1.29 is 23.7 Å². The van der Waals surface area contributed by atoms with E-state index in [-0.39, 0.29) is 30.0 Å². The van der Waals surface area contributed by atoms with Crippen molar-refractivity contribution in [3.05, 3.63) is 64.5 Å². The van der Waals surface area contributed by atoms with Gasteiger partial charge in [-0.3, -0.25) is 14.9 Å². The number of amides is 1. The fourth-order valence-electron chi connectivity index (χ4n) is 2.76. The summed E-state index contributed by atoms with van der Waals surface area (Å²) in [6, 6.07) is 12.2. The summed E-state index contributed by atoms with van der Waals surface area (Å²) in [7, 11) is 1.59. The molecule has 0 bridgehead atoms. The lowest BCUT2D eigenvalue weighted by atomic mass is 10.0. The Kier molecular flexibility index (Phi) is 6.81. The number of nitro groups is 1. The number of carbonyl (C=O) groups excluding carboxylic acids is 1. The van der Waals surface area contributed by atoms with Crippen LogP contribution in [-0.4, -0.2) is 34.7 Å². The third kappa shape index (κ3) is 5.56. The second-order valence-electron chi connectivity index (χ2n) is 7.01. The molecule has 0 saturated carbocycles. The van der Waals surface area contributed by atoms with Crippen molar-refractivity contribution in [3.63, 3.8) is 0 Å². The van der Waals surface area contributed by atoms with E-state index in [1.54, 1.807) is 19.2 Å². The molecule has 1 aromatic heterocycles. The van der Waals surface area contributed by atoms with E-state index in [1.807, 2.05) is 26.0 Å². The van der Waals surface area contributed by atoms with Gasteiger partial charge in [0.15, 0.2) is 6.61 Å². The molecule has 0 radical (unpaired) electrons. The number of rotatable bonds is 9. The number of hydrogen-bond donors (Lipinski definition) is 1. The highest BCUT2D eigenvalue weighted by Gasteiger charge is 2.25. The summed E-state index contributed by atoms with van der Waals surface area (Å²) >= 11 is 0. The maximum atomic E-state index is 12.4. The fraction of sp³-hybridized carbons (Fsp3) is 0.286. The van der Waals surface area contributed by atoms with Crippen LogP contribution in [0.15, 0.2) is 53.1 Å². The van der Waals surface area contributed by atoms with Crippen molar-refractivity contribution in [2.75, 3.05) is 13.7 Å². The predicted molar refractivity (Wildman–Crippen MR) is 111 cm³/mol. The Balaban J connectivity index is 1.63. The minimum absolute atomic E-state index is 0.0208. The van der Waals surface area contributed by atoms with Gasteiger partial charge in [-0.15, -0.1) is 0 Å². The molecule has 1 heterocycles. The molecule has 0 spiro atoms. The lowest BCUT2D eigenvalue weighted by Crippen LogP contribution is -2.35. The van der Waals surface area contributed by atoms with Gasteiger partial charge < -0.3 is 19.3 Å². The van der Waals surface area contributed by atoms with Gasteiger partial charge in [-0.25, -0.2) is 0 Å². The van der Waals surface area contributed by atoms with E-state index in [4.69, 9.17) is 14.0 Å². The molecule has 1 unspecified atom stereocenters. The van der Waals surface area contributed by atoms with E-state index in [1.165, 1.54) is 24.3 Å². The number of hydrogen-bond acceptors (Lipinski definition) is 8. The van der Waals surface area contributed by atoms with Crippen LogP contribution >= 0.6 is 0 Å². The fourth-order valence-corrected chi connectivity index (χ4v) is 2.76. The van der Waals surface area contributed by atoms with Crippen LogP contribution < -0.4 is 14.8 Å². The molecule has 3 rings (SSSR count). The zero-order chi connectivity index (χ0) is 22.4. The molecule has 3 aromatic rings. The molecule has 0 aliphatic carbocycles. The van der Waals surface area contributed by atoms with E-state index >= 15 is 0 Å². The smallest absolute Gasteiger partial charge is 0.269 e. The van der Waals surface area contributed by atoms with Gasteiger partial charge in [0.25, 0.3) is 11.6 Å². The zero-order valence-electron chi connectivity index (χ0n) is 17.3. The first-order valence-corrected chi connectivity index (χ1v) is 9.52. The molecule has 1 amide bonds. The Morgan fingerprint density at radius 3 is 2.35 bits per heavy atom. The molecular formula is C21H22N4O6.